The van der Waals surface area contributed by atoms with Crippen molar-refractivity contribution in [3.8, 4) is 0 Å². The molecule has 0 aromatic carbocycles. The van der Waals surface area contributed by atoms with Crippen LogP contribution < -0.4 is 0 Å². The van der Waals surface area contributed by atoms with E-state index >= 15 is 0 Å². The third-order valence-electron chi connectivity index (χ3n) is 2.54. The Bertz CT molecular complexity index is 330. The summed E-state index contributed by atoms with van der Waals surface area (Å²) >= 11 is 5.96. The van der Waals surface area contributed by atoms with Crippen LogP contribution in [0, 0.1) is 0 Å². The summed E-state index contributed by atoms with van der Waals surface area (Å²) < 4.78 is 7.78. The largest absolute Gasteiger partial charge is 0.361 e. The van der Waals surface area contributed by atoms with Crippen molar-refractivity contribution in [1.82, 2.24) is 4.57 Å². The lowest BCUT2D eigenvalue weighted by atomic mass is 10.3. The standard InChI is InChI=1S/C12H22ClNOSi/c1-5-12-8-11(13)9-14(12)10-15-6-7-16(2,3)4/h8-9H,5-7,10H2,1-4H3. The molecule has 0 atom stereocenters. The number of nitrogens with zero attached hydrogens (tertiary/aromatic N) is 1. The summed E-state index contributed by atoms with van der Waals surface area (Å²) in [5.41, 5.74) is 1.23. The van der Waals surface area contributed by atoms with E-state index in [1.807, 2.05) is 12.3 Å². The molecule has 0 radical (unpaired) electrons. The first-order valence-electron chi connectivity index (χ1n) is 5.84. The molecule has 0 amide bonds. The number of rotatable bonds is 6. The second-order valence-electron chi connectivity index (χ2n) is 5.32. The van der Waals surface area contributed by atoms with E-state index in [0.29, 0.717) is 6.73 Å². The topological polar surface area (TPSA) is 14.2 Å². The van der Waals surface area contributed by atoms with Crippen LogP contribution in [0.25, 0.3) is 0 Å². The van der Waals surface area contributed by atoms with E-state index in [1.165, 1.54) is 11.7 Å². The normalized spacial score (nSPS) is 12.1. The molecule has 0 unspecified atom stereocenters. The predicted octanol–water partition coefficient (Wildman–Crippen LogP) is 4.02. The minimum Gasteiger partial charge on any atom is -0.361 e. The van der Waals surface area contributed by atoms with Crippen molar-refractivity contribution in [3.63, 3.8) is 0 Å². The Morgan fingerprint density at radius 3 is 2.62 bits per heavy atom. The highest BCUT2D eigenvalue weighted by Crippen LogP contribution is 2.15. The molecule has 1 aromatic heterocycles. The van der Waals surface area contributed by atoms with Gasteiger partial charge in [0.15, 0.2) is 0 Å². The lowest BCUT2D eigenvalue weighted by molar-refractivity contribution is 0.0857. The summed E-state index contributed by atoms with van der Waals surface area (Å²) in [5.74, 6) is 0. The van der Waals surface area contributed by atoms with Crippen LogP contribution in [0.4, 0.5) is 0 Å². The monoisotopic (exact) mass is 259 g/mol. The molecular formula is C12H22ClNOSi. The molecule has 0 aliphatic heterocycles. The first-order valence-corrected chi connectivity index (χ1v) is 9.93. The first kappa shape index (κ1) is 13.8. The van der Waals surface area contributed by atoms with E-state index in [4.69, 9.17) is 16.3 Å². The summed E-state index contributed by atoms with van der Waals surface area (Å²) in [7, 11) is -0.972. The van der Waals surface area contributed by atoms with E-state index in [1.54, 1.807) is 0 Å². The molecule has 92 valence electrons. The van der Waals surface area contributed by atoms with Gasteiger partial charge in [-0.15, -0.1) is 0 Å². The summed E-state index contributed by atoms with van der Waals surface area (Å²) in [6.45, 7) is 10.7. The van der Waals surface area contributed by atoms with Gasteiger partial charge in [-0.2, -0.15) is 0 Å². The molecular weight excluding hydrogens is 238 g/mol. The minimum atomic E-state index is -0.972. The van der Waals surface area contributed by atoms with Crippen molar-refractivity contribution in [2.75, 3.05) is 6.61 Å². The molecule has 1 heterocycles. The molecule has 0 aliphatic rings. The Kier molecular flexibility index (Phi) is 5.09. The predicted molar refractivity (Wildman–Crippen MR) is 72.9 cm³/mol. The van der Waals surface area contributed by atoms with E-state index in [9.17, 15) is 0 Å². The zero-order valence-corrected chi connectivity index (χ0v) is 12.5. The maximum Gasteiger partial charge on any atom is 0.122 e. The molecule has 1 aromatic rings. The summed E-state index contributed by atoms with van der Waals surface area (Å²) in [5, 5.41) is 0.797. The average Bonchev–Trinajstić information content (AvgIpc) is 2.52. The molecule has 0 N–H and O–H groups in total. The average molecular weight is 260 g/mol. The van der Waals surface area contributed by atoms with Gasteiger partial charge < -0.3 is 9.30 Å². The van der Waals surface area contributed by atoms with Crippen LogP contribution >= 0.6 is 11.6 Å². The van der Waals surface area contributed by atoms with Crippen LogP contribution in [0.2, 0.25) is 30.7 Å². The summed E-state index contributed by atoms with van der Waals surface area (Å²) in [6, 6.07) is 3.22. The summed E-state index contributed by atoms with van der Waals surface area (Å²) in [4.78, 5) is 0. The highest BCUT2D eigenvalue weighted by Gasteiger charge is 2.12. The number of hydrogen-bond acceptors (Lipinski definition) is 1. The van der Waals surface area contributed by atoms with Gasteiger partial charge >= 0.3 is 0 Å². The molecule has 0 fully saturated rings. The van der Waals surface area contributed by atoms with Crippen LogP contribution in [0.5, 0.6) is 0 Å². The smallest absolute Gasteiger partial charge is 0.122 e. The minimum absolute atomic E-state index is 0.625. The third-order valence-corrected chi connectivity index (χ3v) is 4.45. The van der Waals surface area contributed by atoms with Crippen LogP contribution in [0.1, 0.15) is 12.6 Å². The van der Waals surface area contributed by atoms with Gasteiger partial charge in [0.05, 0.1) is 5.02 Å². The molecule has 2 nitrogen and oxygen atoms in total. The molecule has 1 rings (SSSR count). The van der Waals surface area contributed by atoms with E-state index in [-0.39, 0.29) is 0 Å². The van der Waals surface area contributed by atoms with Gasteiger partial charge in [-0.3, -0.25) is 0 Å². The number of halogens is 1. The van der Waals surface area contributed by atoms with Crippen LogP contribution in [-0.2, 0) is 17.9 Å². The van der Waals surface area contributed by atoms with E-state index in [0.717, 1.165) is 18.1 Å². The molecule has 0 saturated carbocycles. The Morgan fingerprint density at radius 1 is 1.38 bits per heavy atom. The molecule has 0 bridgehead atoms. The lowest BCUT2D eigenvalue weighted by Crippen LogP contribution is -2.22. The van der Waals surface area contributed by atoms with Crippen LogP contribution in [0.15, 0.2) is 12.3 Å². The SMILES string of the molecule is CCc1cc(Cl)cn1COCC[Si](C)(C)C. The van der Waals surface area contributed by atoms with Gasteiger partial charge in [0, 0.05) is 26.6 Å². The van der Waals surface area contributed by atoms with Crippen molar-refractivity contribution < 1.29 is 4.74 Å². The quantitative estimate of drug-likeness (QED) is 0.556. The van der Waals surface area contributed by atoms with Gasteiger partial charge in [-0.25, -0.2) is 0 Å². The van der Waals surface area contributed by atoms with Crippen molar-refractivity contribution >= 4 is 19.7 Å². The van der Waals surface area contributed by atoms with Crippen molar-refractivity contribution in [2.24, 2.45) is 0 Å². The van der Waals surface area contributed by atoms with E-state index in [2.05, 4.69) is 31.1 Å². The van der Waals surface area contributed by atoms with Crippen molar-refractivity contribution in [2.45, 2.75) is 45.8 Å². The van der Waals surface area contributed by atoms with Crippen molar-refractivity contribution in [3.05, 3.63) is 23.0 Å². The molecule has 0 spiro atoms. The van der Waals surface area contributed by atoms with Gasteiger partial charge in [-0.05, 0) is 18.5 Å². The van der Waals surface area contributed by atoms with Crippen LogP contribution in [-0.4, -0.2) is 19.2 Å². The second-order valence-corrected chi connectivity index (χ2v) is 11.4. The van der Waals surface area contributed by atoms with E-state index < -0.39 is 8.07 Å². The first-order chi connectivity index (χ1) is 7.42. The fourth-order valence-corrected chi connectivity index (χ4v) is 2.48. The third kappa shape index (κ3) is 4.72. The van der Waals surface area contributed by atoms with Gasteiger partial charge in [0.1, 0.15) is 6.73 Å². The highest BCUT2D eigenvalue weighted by molar-refractivity contribution is 6.76. The second kappa shape index (κ2) is 5.89. The van der Waals surface area contributed by atoms with Crippen molar-refractivity contribution in [1.29, 1.82) is 0 Å². The highest BCUT2D eigenvalue weighted by atomic mass is 35.5. The van der Waals surface area contributed by atoms with Gasteiger partial charge in [0.2, 0.25) is 0 Å². The Hall–Kier alpha value is -0.253. The zero-order chi connectivity index (χ0) is 12.2. The maximum absolute atomic E-state index is 5.96. The molecule has 16 heavy (non-hydrogen) atoms. The Balaban J connectivity index is 2.37. The summed E-state index contributed by atoms with van der Waals surface area (Å²) in [6.07, 6.45) is 2.93. The number of hydrogen-bond donors (Lipinski definition) is 0. The molecule has 4 heteroatoms. The maximum atomic E-state index is 5.96. The zero-order valence-electron chi connectivity index (χ0n) is 10.7. The fourth-order valence-electron chi connectivity index (χ4n) is 1.48. The fraction of sp³-hybridized carbons (Fsp3) is 0.667. The number of aryl methyl sites for hydroxylation is 1. The lowest BCUT2D eigenvalue weighted by Gasteiger charge is -2.16. The van der Waals surface area contributed by atoms with Gasteiger partial charge in [-0.1, -0.05) is 38.2 Å². The van der Waals surface area contributed by atoms with Crippen LogP contribution in [0.3, 0.4) is 0 Å². The Morgan fingerprint density at radius 2 is 2.06 bits per heavy atom. The molecule has 0 aliphatic carbocycles. The molecule has 0 saturated heterocycles. The number of ether oxygens (including phenoxy) is 1. The van der Waals surface area contributed by atoms with Gasteiger partial charge in [0.25, 0.3) is 0 Å². The Labute approximate surface area is 105 Å². The number of aromatic nitrogens is 1.